The van der Waals surface area contributed by atoms with Gasteiger partial charge in [-0.3, -0.25) is 10.1 Å². The minimum absolute atomic E-state index is 0. The highest BCUT2D eigenvalue weighted by molar-refractivity contribution is 7.22. The van der Waals surface area contributed by atoms with Crippen LogP contribution in [0.4, 0.5) is 18.3 Å². The summed E-state index contributed by atoms with van der Waals surface area (Å²) in [6.45, 7) is 0. The number of alkyl halides is 3. The third kappa shape index (κ3) is 4.75. The maximum atomic E-state index is 13.4. The molecule has 178 valence electrons. The number of aromatic nitrogens is 3. The number of amides is 1. The number of hydrogen-bond acceptors (Lipinski definition) is 4. The van der Waals surface area contributed by atoms with Crippen LogP contribution in [0.25, 0.3) is 27.2 Å². The summed E-state index contributed by atoms with van der Waals surface area (Å²) in [6, 6.07) is 18.8. The summed E-state index contributed by atoms with van der Waals surface area (Å²) in [7, 11) is 0. The Hall–Kier alpha value is -3.40. The summed E-state index contributed by atoms with van der Waals surface area (Å²) in [4.78, 5) is 17.1. The van der Waals surface area contributed by atoms with Gasteiger partial charge in [-0.1, -0.05) is 58.8 Å². The van der Waals surface area contributed by atoms with E-state index in [9.17, 15) is 18.0 Å². The second kappa shape index (κ2) is 8.99. The van der Waals surface area contributed by atoms with Crippen LogP contribution in [0.5, 0.6) is 0 Å². The zero-order chi connectivity index (χ0) is 24.7. The highest BCUT2D eigenvalue weighted by Crippen LogP contribution is 2.35. The van der Waals surface area contributed by atoms with Gasteiger partial charge in [0.25, 0.3) is 5.91 Å². The molecule has 5 nitrogen and oxygen atoms in total. The smallest absolute Gasteiger partial charge is 0.298 e. The zero-order valence-corrected chi connectivity index (χ0v) is 19.8. The van der Waals surface area contributed by atoms with E-state index in [0.717, 1.165) is 15.4 Å². The minimum atomic E-state index is -4.64. The van der Waals surface area contributed by atoms with Crippen molar-refractivity contribution in [3.05, 3.63) is 94.1 Å². The van der Waals surface area contributed by atoms with E-state index >= 15 is 0 Å². The molecule has 1 amide bonds. The van der Waals surface area contributed by atoms with Crippen molar-refractivity contribution >= 4 is 55.8 Å². The Balaban J connectivity index is 0.00000304. The van der Waals surface area contributed by atoms with E-state index in [2.05, 4.69) is 15.4 Å². The highest BCUT2D eigenvalue weighted by Gasteiger charge is 2.35. The molecule has 35 heavy (non-hydrogen) atoms. The van der Waals surface area contributed by atoms with Gasteiger partial charge in [0.2, 0.25) is 0 Å². The van der Waals surface area contributed by atoms with Gasteiger partial charge in [0.05, 0.1) is 26.6 Å². The molecule has 0 bridgehead atoms. The summed E-state index contributed by atoms with van der Waals surface area (Å²) in [5.41, 5.74) is 0.881. The van der Waals surface area contributed by atoms with Gasteiger partial charge in [0.1, 0.15) is 0 Å². The van der Waals surface area contributed by atoms with Gasteiger partial charge in [0, 0.05) is 17.6 Å². The van der Waals surface area contributed by atoms with Crippen LogP contribution in [0.15, 0.2) is 72.8 Å². The maximum Gasteiger partial charge on any atom is 0.435 e. The van der Waals surface area contributed by atoms with E-state index in [4.69, 9.17) is 23.2 Å². The first-order valence-electron chi connectivity index (χ1n) is 10.1. The molecule has 0 saturated heterocycles. The quantitative estimate of drug-likeness (QED) is 0.254. The number of anilines is 1. The van der Waals surface area contributed by atoms with Crippen molar-refractivity contribution < 1.29 is 19.4 Å². The lowest BCUT2D eigenvalue weighted by Gasteiger charge is -2.10. The number of carbonyl (C=O) groups excluding carboxylic acids is 1. The fourth-order valence-electron chi connectivity index (χ4n) is 3.45. The zero-order valence-electron chi connectivity index (χ0n) is 17.5. The lowest BCUT2D eigenvalue weighted by atomic mass is 10.1. The summed E-state index contributed by atoms with van der Waals surface area (Å²) in [5, 5.41) is 7.70. The predicted molar refractivity (Wildman–Crippen MR) is 134 cm³/mol. The summed E-state index contributed by atoms with van der Waals surface area (Å²) in [5.74, 6) is -0.405. The number of nitrogens with zero attached hydrogens (tertiary/aromatic N) is 3. The molecule has 5 rings (SSSR count). The number of rotatable bonds is 4. The fourth-order valence-corrected chi connectivity index (χ4v) is 4.80. The average molecular weight is 535 g/mol. The third-order valence-corrected chi connectivity index (χ3v) is 6.58. The molecule has 5 aromatic rings. The van der Waals surface area contributed by atoms with Gasteiger partial charge < -0.3 is 0 Å². The Labute approximate surface area is 212 Å². The molecular weight excluding hydrogens is 520 g/mol. The second-order valence-corrected chi connectivity index (χ2v) is 9.31. The molecule has 0 spiro atoms. The molecule has 3 aromatic carbocycles. The topological polar surface area (TPSA) is 59.8 Å². The van der Waals surface area contributed by atoms with Crippen LogP contribution >= 0.6 is 34.5 Å². The Kier molecular flexibility index (Phi) is 6.00. The highest BCUT2D eigenvalue weighted by atomic mass is 35.5. The molecule has 0 unspecified atom stereocenters. The predicted octanol–water partition coefficient (Wildman–Crippen LogP) is 7.97. The first kappa shape index (κ1) is 23.3. The van der Waals surface area contributed by atoms with E-state index in [1.54, 1.807) is 54.6 Å². The van der Waals surface area contributed by atoms with Gasteiger partial charge in [-0.05, 0) is 48.5 Å². The monoisotopic (exact) mass is 534 g/mol. The van der Waals surface area contributed by atoms with E-state index in [1.165, 1.54) is 23.5 Å². The largest absolute Gasteiger partial charge is 0.435 e. The number of halogens is 5. The number of thiazole rings is 1. The molecule has 0 saturated carbocycles. The average Bonchev–Trinajstić information content (AvgIpc) is 3.43. The molecule has 0 aliphatic rings. The molecule has 2 aromatic heterocycles. The number of fused-ring (bicyclic) bond motifs is 1. The lowest BCUT2D eigenvalue weighted by Crippen LogP contribution is -2.11. The van der Waals surface area contributed by atoms with Crippen LogP contribution in [0.2, 0.25) is 10.0 Å². The van der Waals surface area contributed by atoms with E-state index < -0.39 is 17.8 Å². The minimum Gasteiger partial charge on any atom is -0.298 e. The van der Waals surface area contributed by atoms with E-state index in [0.29, 0.717) is 32.5 Å². The summed E-state index contributed by atoms with van der Waals surface area (Å²) < 4.78 is 42.2. The molecule has 0 radical (unpaired) electrons. The maximum absolute atomic E-state index is 13.4. The molecule has 0 aliphatic heterocycles. The molecule has 2 heterocycles. The Morgan fingerprint density at radius 2 is 1.74 bits per heavy atom. The summed E-state index contributed by atoms with van der Waals surface area (Å²) >= 11 is 13.5. The SMILES string of the molecule is O=C(Nc1nc2ccc(Cl)cc2s1)c1ccc(-c2cc(C(F)(F)F)nn2-c2ccccc2Cl)cc1.[HH]. The molecular formula is C24H15Cl2F3N4OS. The van der Waals surface area contributed by atoms with Crippen molar-refractivity contribution in [2.75, 3.05) is 5.32 Å². The van der Waals surface area contributed by atoms with Gasteiger partial charge in [0.15, 0.2) is 10.8 Å². The van der Waals surface area contributed by atoms with Gasteiger partial charge >= 0.3 is 6.18 Å². The first-order valence-corrected chi connectivity index (χ1v) is 11.7. The van der Waals surface area contributed by atoms with Crippen molar-refractivity contribution in [1.82, 2.24) is 14.8 Å². The second-order valence-electron chi connectivity index (χ2n) is 7.44. The number of hydrogen-bond donors (Lipinski definition) is 1. The van der Waals surface area contributed by atoms with Crippen LogP contribution in [-0.2, 0) is 6.18 Å². The Morgan fingerprint density at radius 1 is 1.00 bits per heavy atom. The normalized spacial score (nSPS) is 11.7. The van der Waals surface area contributed by atoms with Gasteiger partial charge in [-0.15, -0.1) is 0 Å². The first-order chi connectivity index (χ1) is 16.7. The number of benzene rings is 3. The molecule has 1 N–H and O–H groups in total. The van der Waals surface area contributed by atoms with Gasteiger partial charge in [-0.25, -0.2) is 9.67 Å². The van der Waals surface area contributed by atoms with E-state index in [-0.39, 0.29) is 12.1 Å². The van der Waals surface area contributed by atoms with E-state index in [1.807, 2.05) is 0 Å². The van der Waals surface area contributed by atoms with Crippen LogP contribution in [0.1, 0.15) is 17.5 Å². The molecule has 0 aliphatic carbocycles. The number of carbonyl (C=O) groups is 1. The number of para-hydroxylation sites is 1. The molecule has 0 atom stereocenters. The van der Waals surface area contributed by atoms with Crippen LogP contribution in [-0.4, -0.2) is 20.7 Å². The fraction of sp³-hybridized carbons (Fsp3) is 0.0417. The van der Waals surface area contributed by atoms with Crippen molar-refractivity contribution in [2.24, 2.45) is 0 Å². The third-order valence-electron chi connectivity index (χ3n) is 5.09. The Bertz CT molecular complexity index is 1570. The Morgan fingerprint density at radius 3 is 2.46 bits per heavy atom. The summed E-state index contributed by atoms with van der Waals surface area (Å²) in [6.07, 6.45) is -4.64. The van der Waals surface area contributed by atoms with Crippen LogP contribution < -0.4 is 5.32 Å². The number of nitrogens with one attached hydrogen (secondary N) is 1. The lowest BCUT2D eigenvalue weighted by molar-refractivity contribution is -0.141. The molecule has 0 fully saturated rings. The van der Waals surface area contributed by atoms with Gasteiger partial charge in [-0.2, -0.15) is 18.3 Å². The van der Waals surface area contributed by atoms with Crippen LogP contribution in [0, 0.1) is 0 Å². The van der Waals surface area contributed by atoms with Crippen molar-refractivity contribution in [1.29, 1.82) is 0 Å². The van der Waals surface area contributed by atoms with Crippen molar-refractivity contribution in [3.63, 3.8) is 0 Å². The van der Waals surface area contributed by atoms with Crippen molar-refractivity contribution in [2.45, 2.75) is 6.18 Å². The van der Waals surface area contributed by atoms with Crippen molar-refractivity contribution in [3.8, 4) is 16.9 Å². The van der Waals surface area contributed by atoms with Crippen LogP contribution in [0.3, 0.4) is 0 Å². The standard InChI is InChI=1S/C24H13Cl2F3N4OS.H2/c25-15-9-10-17-20(11-15)35-23(30-17)31-22(34)14-7-5-13(6-8-14)19-12-21(24(27,28)29)32-33(19)18-4-2-1-3-16(18)26;/h1-12H,(H,30,31,34);1H. The molecule has 11 heteroatoms.